The molecule has 3 atom stereocenters. The van der Waals surface area contributed by atoms with Crippen molar-refractivity contribution in [3.05, 3.63) is 70.8 Å². The van der Waals surface area contributed by atoms with E-state index in [0.29, 0.717) is 17.5 Å². The van der Waals surface area contributed by atoms with E-state index in [1.54, 1.807) is 29.2 Å². The van der Waals surface area contributed by atoms with Crippen molar-refractivity contribution in [1.82, 2.24) is 9.80 Å². The summed E-state index contributed by atoms with van der Waals surface area (Å²) in [5, 5.41) is 9.69. The van der Waals surface area contributed by atoms with Crippen molar-refractivity contribution in [2.45, 2.75) is 43.8 Å². The van der Waals surface area contributed by atoms with Gasteiger partial charge in [0.05, 0.1) is 23.2 Å². The number of nitriles is 1. The zero-order chi connectivity index (χ0) is 20.1. The van der Waals surface area contributed by atoms with Crippen molar-refractivity contribution in [2.24, 2.45) is 0 Å². The highest BCUT2D eigenvalue weighted by molar-refractivity contribution is 6.22. The summed E-state index contributed by atoms with van der Waals surface area (Å²) in [6.07, 6.45) is 2.51. The number of nitrogens with zero attached hydrogens (tertiary/aromatic N) is 3. The molecule has 0 spiro atoms. The van der Waals surface area contributed by atoms with Gasteiger partial charge in [-0.2, -0.15) is 5.26 Å². The van der Waals surface area contributed by atoms with Gasteiger partial charge in [-0.15, -0.1) is 0 Å². The normalized spacial score (nSPS) is 25.8. The molecule has 5 rings (SSSR count). The van der Waals surface area contributed by atoms with Gasteiger partial charge in [-0.1, -0.05) is 36.4 Å². The quantitative estimate of drug-likeness (QED) is 0.707. The van der Waals surface area contributed by atoms with Crippen molar-refractivity contribution in [3.63, 3.8) is 0 Å². The number of fused-ring (bicyclic) bond motifs is 4. The molecule has 1 saturated heterocycles. The van der Waals surface area contributed by atoms with Crippen LogP contribution in [-0.4, -0.2) is 39.6 Å². The Bertz CT molecular complexity index is 1050. The minimum absolute atomic E-state index is 0.197. The number of carbonyl (C=O) groups excluding carboxylic acids is 3. The summed E-state index contributed by atoms with van der Waals surface area (Å²) in [5.74, 6) is -1.19. The topological polar surface area (TPSA) is 81.5 Å². The third-order valence-corrected chi connectivity index (χ3v) is 6.28. The minimum Gasteiger partial charge on any atom is -0.318 e. The molecule has 3 aliphatic rings. The van der Waals surface area contributed by atoms with Crippen LogP contribution in [0.3, 0.4) is 0 Å². The molecule has 144 valence electrons. The van der Waals surface area contributed by atoms with Crippen LogP contribution in [-0.2, 0) is 11.2 Å². The molecule has 2 aromatic carbocycles. The first-order valence-electron chi connectivity index (χ1n) is 9.88. The molecule has 3 amide bonds. The highest BCUT2D eigenvalue weighted by atomic mass is 16.2. The third kappa shape index (κ3) is 2.51. The van der Waals surface area contributed by atoms with Gasteiger partial charge in [0.1, 0.15) is 12.1 Å². The first-order valence-corrected chi connectivity index (χ1v) is 9.88. The summed E-state index contributed by atoms with van der Waals surface area (Å²) >= 11 is 0. The number of amides is 3. The van der Waals surface area contributed by atoms with Crippen LogP contribution in [0, 0.1) is 11.3 Å². The van der Waals surface area contributed by atoms with Gasteiger partial charge >= 0.3 is 0 Å². The SMILES string of the molecule is N#CC1CCCC2c3ccccc3C[C@H](N3C(=O)c4ccccc4C3=O)C(=O)N12. The van der Waals surface area contributed by atoms with Gasteiger partial charge in [0.15, 0.2) is 0 Å². The molecule has 6 heteroatoms. The molecule has 0 aliphatic carbocycles. The Morgan fingerprint density at radius 1 is 0.862 bits per heavy atom. The predicted octanol–water partition coefficient (Wildman–Crippen LogP) is 2.85. The summed E-state index contributed by atoms with van der Waals surface area (Å²) in [7, 11) is 0. The predicted molar refractivity (Wildman–Crippen MR) is 104 cm³/mol. The molecule has 0 radical (unpaired) electrons. The van der Waals surface area contributed by atoms with Crippen molar-refractivity contribution < 1.29 is 14.4 Å². The lowest BCUT2D eigenvalue weighted by atomic mass is 9.89. The molecule has 1 fully saturated rings. The smallest absolute Gasteiger partial charge is 0.262 e. The van der Waals surface area contributed by atoms with Crippen molar-refractivity contribution >= 4 is 17.7 Å². The molecule has 2 aromatic rings. The van der Waals surface area contributed by atoms with E-state index in [4.69, 9.17) is 0 Å². The Labute approximate surface area is 168 Å². The van der Waals surface area contributed by atoms with E-state index < -0.39 is 23.9 Å². The molecule has 0 N–H and O–H groups in total. The fraction of sp³-hybridized carbons (Fsp3) is 0.304. The van der Waals surface area contributed by atoms with E-state index in [-0.39, 0.29) is 18.4 Å². The standard InChI is InChI=1S/C23H19N3O3/c24-13-15-7-5-11-19-16-8-2-1-6-14(16)12-20(23(29)25(15)19)26-21(27)17-9-3-4-10-18(17)22(26)28/h1-4,6,8-10,15,19-20H,5,7,11-12H2/t15?,19?,20-/m0/s1. The van der Waals surface area contributed by atoms with Crippen molar-refractivity contribution in [1.29, 1.82) is 5.26 Å². The molecular weight excluding hydrogens is 366 g/mol. The average molecular weight is 385 g/mol. The van der Waals surface area contributed by atoms with E-state index in [9.17, 15) is 19.6 Å². The maximum Gasteiger partial charge on any atom is 0.262 e. The van der Waals surface area contributed by atoms with Gasteiger partial charge in [0, 0.05) is 6.42 Å². The Morgan fingerprint density at radius 3 is 2.21 bits per heavy atom. The molecule has 2 unspecified atom stereocenters. The van der Waals surface area contributed by atoms with Crippen LogP contribution in [0.15, 0.2) is 48.5 Å². The van der Waals surface area contributed by atoms with E-state index in [1.165, 1.54) is 0 Å². The second kappa shape index (κ2) is 6.56. The number of imide groups is 1. The number of piperidine rings is 1. The summed E-state index contributed by atoms with van der Waals surface area (Å²) in [5.41, 5.74) is 2.62. The Morgan fingerprint density at radius 2 is 1.52 bits per heavy atom. The zero-order valence-corrected chi connectivity index (χ0v) is 15.7. The molecular formula is C23H19N3O3. The summed E-state index contributed by atoms with van der Waals surface area (Å²) in [4.78, 5) is 42.5. The number of rotatable bonds is 1. The maximum atomic E-state index is 13.7. The Kier molecular flexibility index (Phi) is 3.99. The van der Waals surface area contributed by atoms with Gasteiger partial charge in [-0.25, -0.2) is 0 Å². The minimum atomic E-state index is -0.942. The third-order valence-electron chi connectivity index (χ3n) is 6.28. The van der Waals surface area contributed by atoms with Gasteiger partial charge in [-0.3, -0.25) is 19.3 Å². The van der Waals surface area contributed by atoms with Gasteiger partial charge in [0.2, 0.25) is 5.91 Å². The molecule has 0 aromatic heterocycles. The fourth-order valence-corrected chi connectivity index (χ4v) is 4.94. The van der Waals surface area contributed by atoms with Crippen LogP contribution in [0.4, 0.5) is 0 Å². The monoisotopic (exact) mass is 385 g/mol. The molecule has 6 nitrogen and oxygen atoms in total. The Hall–Kier alpha value is -3.46. The van der Waals surface area contributed by atoms with E-state index in [0.717, 1.165) is 28.9 Å². The van der Waals surface area contributed by atoms with Crippen LogP contribution in [0.1, 0.15) is 57.1 Å². The lowest BCUT2D eigenvalue weighted by Crippen LogP contribution is -2.54. The second-order valence-electron chi connectivity index (χ2n) is 7.78. The Balaban J connectivity index is 1.63. The van der Waals surface area contributed by atoms with Crippen molar-refractivity contribution in [2.75, 3.05) is 0 Å². The van der Waals surface area contributed by atoms with Crippen LogP contribution in [0.2, 0.25) is 0 Å². The number of carbonyl (C=O) groups is 3. The molecule has 29 heavy (non-hydrogen) atoms. The average Bonchev–Trinajstić information content (AvgIpc) is 2.93. The lowest BCUT2D eigenvalue weighted by molar-refractivity contribution is -0.140. The highest BCUT2D eigenvalue weighted by Crippen LogP contribution is 2.40. The first-order chi connectivity index (χ1) is 14.1. The van der Waals surface area contributed by atoms with Gasteiger partial charge in [-0.05, 0) is 42.5 Å². The molecule has 3 heterocycles. The zero-order valence-electron chi connectivity index (χ0n) is 15.7. The van der Waals surface area contributed by atoms with Crippen molar-refractivity contribution in [3.8, 4) is 6.07 Å². The van der Waals surface area contributed by atoms with Crippen LogP contribution < -0.4 is 0 Å². The van der Waals surface area contributed by atoms with E-state index >= 15 is 0 Å². The first kappa shape index (κ1) is 17.6. The summed E-state index contributed by atoms with van der Waals surface area (Å²) in [6, 6.07) is 15.0. The second-order valence-corrected chi connectivity index (χ2v) is 7.78. The van der Waals surface area contributed by atoms with Gasteiger partial charge < -0.3 is 4.90 Å². The number of hydrogen-bond donors (Lipinski definition) is 0. The molecule has 3 aliphatic heterocycles. The lowest BCUT2D eigenvalue weighted by Gasteiger charge is -2.40. The summed E-state index contributed by atoms with van der Waals surface area (Å²) in [6.45, 7) is 0. The fourth-order valence-electron chi connectivity index (χ4n) is 4.94. The molecule has 0 saturated carbocycles. The number of hydrogen-bond acceptors (Lipinski definition) is 4. The molecule has 0 bridgehead atoms. The summed E-state index contributed by atoms with van der Waals surface area (Å²) < 4.78 is 0. The largest absolute Gasteiger partial charge is 0.318 e. The van der Waals surface area contributed by atoms with Gasteiger partial charge in [0.25, 0.3) is 11.8 Å². The maximum absolute atomic E-state index is 13.7. The van der Waals surface area contributed by atoms with Crippen LogP contribution in [0.25, 0.3) is 0 Å². The number of benzene rings is 2. The van der Waals surface area contributed by atoms with Crippen LogP contribution in [0.5, 0.6) is 0 Å². The van der Waals surface area contributed by atoms with E-state index in [2.05, 4.69) is 6.07 Å². The van der Waals surface area contributed by atoms with Crippen LogP contribution >= 0.6 is 0 Å². The van der Waals surface area contributed by atoms with E-state index in [1.807, 2.05) is 24.3 Å². The highest BCUT2D eigenvalue weighted by Gasteiger charge is 2.48.